The summed E-state index contributed by atoms with van der Waals surface area (Å²) >= 11 is 0. The molecule has 16 heavy (non-hydrogen) atoms. The predicted molar refractivity (Wildman–Crippen MR) is 60.7 cm³/mol. The quantitative estimate of drug-likeness (QED) is 0.726. The third kappa shape index (κ3) is 1.96. The van der Waals surface area contributed by atoms with E-state index in [4.69, 9.17) is 14.7 Å². The van der Waals surface area contributed by atoms with Gasteiger partial charge in [-0.25, -0.2) is 0 Å². The molecule has 1 aromatic carbocycles. The molecule has 0 unspecified atom stereocenters. The third-order valence-electron chi connectivity index (χ3n) is 2.75. The zero-order chi connectivity index (χ0) is 11.6. The number of nitriles is 1. The fourth-order valence-electron chi connectivity index (χ4n) is 1.62. The van der Waals surface area contributed by atoms with Crippen LogP contribution in [0.4, 0.5) is 0 Å². The highest BCUT2D eigenvalue weighted by molar-refractivity contribution is 5.46. The van der Waals surface area contributed by atoms with Gasteiger partial charge in [-0.2, -0.15) is 5.26 Å². The van der Waals surface area contributed by atoms with Crippen LogP contribution in [0, 0.1) is 11.3 Å². The summed E-state index contributed by atoms with van der Waals surface area (Å²) < 4.78 is 11.1. The van der Waals surface area contributed by atoms with E-state index in [1.54, 1.807) is 0 Å². The molecule has 0 amide bonds. The lowest BCUT2D eigenvalue weighted by Gasteiger charge is -2.17. The molecule has 0 spiro atoms. The Bertz CT molecular complexity index is 432. The number of benzene rings is 1. The normalized spacial score (nSPS) is 15.1. The second kappa shape index (κ2) is 4.05. The van der Waals surface area contributed by atoms with Gasteiger partial charge in [0.1, 0.15) is 0 Å². The van der Waals surface area contributed by atoms with E-state index in [0.717, 1.165) is 23.5 Å². The first-order chi connectivity index (χ1) is 7.63. The van der Waals surface area contributed by atoms with E-state index in [1.165, 1.54) is 0 Å². The number of hydrogen-bond acceptors (Lipinski definition) is 3. The maximum atomic E-state index is 9.09. The number of nitrogens with zero attached hydrogens (tertiary/aromatic N) is 1. The average Bonchev–Trinajstić information content (AvgIpc) is 2.53. The Morgan fingerprint density at radius 1 is 1.19 bits per heavy atom. The first-order valence-corrected chi connectivity index (χ1v) is 5.45. The van der Waals surface area contributed by atoms with Crippen molar-refractivity contribution in [2.24, 2.45) is 0 Å². The minimum absolute atomic E-state index is 0.495. The van der Waals surface area contributed by atoms with Crippen LogP contribution in [-0.2, 0) is 5.41 Å². The smallest absolute Gasteiger partial charge is 0.161 e. The first-order valence-electron chi connectivity index (χ1n) is 5.45. The van der Waals surface area contributed by atoms with E-state index in [0.29, 0.717) is 13.2 Å². The van der Waals surface area contributed by atoms with Crippen molar-refractivity contribution in [2.45, 2.75) is 25.7 Å². The van der Waals surface area contributed by atoms with Crippen LogP contribution in [0.2, 0.25) is 0 Å². The second-order valence-corrected chi connectivity index (χ2v) is 4.45. The Hall–Kier alpha value is -1.69. The van der Waals surface area contributed by atoms with Crippen molar-refractivity contribution in [1.29, 1.82) is 5.26 Å². The van der Waals surface area contributed by atoms with Crippen molar-refractivity contribution in [3.63, 3.8) is 0 Å². The van der Waals surface area contributed by atoms with E-state index in [9.17, 15) is 0 Å². The summed E-state index contributed by atoms with van der Waals surface area (Å²) in [6, 6.07) is 8.00. The number of rotatable bonds is 1. The highest BCUT2D eigenvalue weighted by atomic mass is 16.5. The third-order valence-corrected chi connectivity index (χ3v) is 2.75. The van der Waals surface area contributed by atoms with Gasteiger partial charge in [0.05, 0.1) is 24.7 Å². The predicted octanol–water partition coefficient (Wildman–Crippen LogP) is 2.65. The minimum Gasteiger partial charge on any atom is -0.490 e. The molecule has 1 aliphatic heterocycles. The lowest BCUT2D eigenvalue weighted by atomic mass is 9.86. The van der Waals surface area contributed by atoms with Crippen LogP contribution in [0.15, 0.2) is 18.2 Å². The van der Waals surface area contributed by atoms with Crippen LogP contribution >= 0.6 is 0 Å². The summed E-state index contributed by atoms with van der Waals surface area (Å²) in [4.78, 5) is 0. The molecule has 84 valence electrons. The zero-order valence-electron chi connectivity index (χ0n) is 9.62. The summed E-state index contributed by atoms with van der Waals surface area (Å²) in [6.45, 7) is 5.15. The Labute approximate surface area is 95.6 Å². The fraction of sp³-hybridized carbons (Fsp3) is 0.462. The molecule has 0 saturated heterocycles. The summed E-state index contributed by atoms with van der Waals surface area (Å²) in [5.74, 6) is 1.52. The molecule has 0 N–H and O–H groups in total. The second-order valence-electron chi connectivity index (χ2n) is 4.45. The van der Waals surface area contributed by atoms with Gasteiger partial charge in [0.15, 0.2) is 11.5 Å². The van der Waals surface area contributed by atoms with E-state index >= 15 is 0 Å². The summed E-state index contributed by atoms with van der Waals surface area (Å²) in [5.41, 5.74) is 0.462. The summed E-state index contributed by atoms with van der Waals surface area (Å²) in [5, 5.41) is 9.09. The van der Waals surface area contributed by atoms with Gasteiger partial charge in [-0.3, -0.25) is 0 Å². The van der Waals surface area contributed by atoms with E-state index < -0.39 is 5.41 Å². The molecule has 3 nitrogen and oxygen atoms in total. The average molecular weight is 217 g/mol. The molecule has 0 radical (unpaired) electrons. The van der Waals surface area contributed by atoms with Gasteiger partial charge in [0, 0.05) is 6.42 Å². The zero-order valence-corrected chi connectivity index (χ0v) is 9.62. The molecule has 1 aromatic rings. The Balaban J connectivity index is 2.39. The molecule has 0 aromatic heterocycles. The van der Waals surface area contributed by atoms with Crippen molar-refractivity contribution in [2.75, 3.05) is 13.2 Å². The lowest BCUT2D eigenvalue weighted by molar-refractivity contribution is 0.297. The van der Waals surface area contributed by atoms with Crippen molar-refractivity contribution >= 4 is 0 Å². The standard InChI is InChI=1S/C13H15NO2/c1-13(2,9-14)10-4-5-11-12(8-10)16-7-3-6-15-11/h4-5,8H,3,6-7H2,1-2H3. The van der Waals surface area contributed by atoms with Crippen LogP contribution < -0.4 is 9.47 Å². The van der Waals surface area contributed by atoms with Gasteiger partial charge in [0.25, 0.3) is 0 Å². The largest absolute Gasteiger partial charge is 0.490 e. The Morgan fingerprint density at radius 3 is 2.56 bits per heavy atom. The first kappa shape index (κ1) is 10.8. The Kier molecular flexibility index (Phi) is 2.74. The molecule has 0 aliphatic carbocycles. The molecule has 1 aliphatic rings. The van der Waals surface area contributed by atoms with Gasteiger partial charge >= 0.3 is 0 Å². The molecule has 1 heterocycles. The Morgan fingerprint density at radius 2 is 1.88 bits per heavy atom. The number of hydrogen-bond donors (Lipinski definition) is 0. The molecule has 2 rings (SSSR count). The highest BCUT2D eigenvalue weighted by Crippen LogP contribution is 2.34. The molecular formula is C13H15NO2. The number of ether oxygens (including phenoxy) is 2. The molecule has 0 saturated carbocycles. The van der Waals surface area contributed by atoms with E-state index in [-0.39, 0.29) is 0 Å². The van der Waals surface area contributed by atoms with Crippen molar-refractivity contribution in [1.82, 2.24) is 0 Å². The maximum Gasteiger partial charge on any atom is 0.161 e. The maximum absolute atomic E-state index is 9.09. The molecule has 3 heteroatoms. The van der Waals surface area contributed by atoms with Crippen molar-refractivity contribution < 1.29 is 9.47 Å². The van der Waals surface area contributed by atoms with Crippen LogP contribution in [0.1, 0.15) is 25.8 Å². The van der Waals surface area contributed by atoms with Gasteiger partial charge in [0.2, 0.25) is 0 Å². The highest BCUT2D eigenvalue weighted by Gasteiger charge is 2.22. The van der Waals surface area contributed by atoms with Gasteiger partial charge in [-0.15, -0.1) is 0 Å². The van der Waals surface area contributed by atoms with Crippen LogP contribution in [-0.4, -0.2) is 13.2 Å². The van der Waals surface area contributed by atoms with E-state index in [1.807, 2.05) is 32.0 Å². The van der Waals surface area contributed by atoms with Crippen LogP contribution in [0.3, 0.4) is 0 Å². The van der Waals surface area contributed by atoms with E-state index in [2.05, 4.69) is 6.07 Å². The summed E-state index contributed by atoms with van der Waals surface area (Å²) in [7, 11) is 0. The molecule has 0 bridgehead atoms. The fourth-order valence-corrected chi connectivity index (χ4v) is 1.62. The SMILES string of the molecule is CC(C)(C#N)c1ccc2c(c1)OCCCO2. The molecule has 0 fully saturated rings. The topological polar surface area (TPSA) is 42.2 Å². The van der Waals surface area contributed by atoms with Crippen molar-refractivity contribution in [3.8, 4) is 17.6 Å². The molecular weight excluding hydrogens is 202 g/mol. The van der Waals surface area contributed by atoms with Gasteiger partial charge < -0.3 is 9.47 Å². The minimum atomic E-state index is -0.495. The lowest BCUT2D eigenvalue weighted by Crippen LogP contribution is -2.13. The van der Waals surface area contributed by atoms with Gasteiger partial charge in [-0.1, -0.05) is 6.07 Å². The summed E-state index contributed by atoms with van der Waals surface area (Å²) in [6.07, 6.45) is 0.895. The van der Waals surface area contributed by atoms with Crippen molar-refractivity contribution in [3.05, 3.63) is 23.8 Å². The monoisotopic (exact) mass is 217 g/mol. The van der Waals surface area contributed by atoms with Gasteiger partial charge in [-0.05, 0) is 31.5 Å². The molecule has 0 atom stereocenters. The van der Waals surface area contributed by atoms with Crippen LogP contribution in [0.25, 0.3) is 0 Å². The number of fused-ring (bicyclic) bond motifs is 1. The van der Waals surface area contributed by atoms with Crippen LogP contribution in [0.5, 0.6) is 11.5 Å².